The molecule has 1 aliphatic rings. The maximum atomic E-state index is 6.31. The van der Waals surface area contributed by atoms with Crippen molar-refractivity contribution in [1.29, 1.82) is 0 Å². The van der Waals surface area contributed by atoms with Gasteiger partial charge in [0.25, 0.3) is 0 Å². The fourth-order valence-corrected chi connectivity index (χ4v) is 5.20. The van der Waals surface area contributed by atoms with E-state index in [1.807, 2.05) is 24.3 Å². The summed E-state index contributed by atoms with van der Waals surface area (Å²) in [5.41, 5.74) is 3.41. The van der Waals surface area contributed by atoms with Crippen LogP contribution in [0.25, 0.3) is 10.2 Å². The van der Waals surface area contributed by atoms with Gasteiger partial charge < -0.3 is 0 Å². The predicted octanol–water partition coefficient (Wildman–Crippen LogP) is 4.22. The first-order valence-electron chi connectivity index (χ1n) is 8.18. The van der Waals surface area contributed by atoms with Gasteiger partial charge >= 0.3 is 154 Å². The van der Waals surface area contributed by atoms with Crippen molar-refractivity contribution in [3.05, 3.63) is 102 Å². The van der Waals surface area contributed by atoms with E-state index in [-0.39, 0.29) is 21.2 Å². The Morgan fingerprint density at radius 1 is 0.800 bits per heavy atom. The molecule has 0 N–H and O–H groups in total. The van der Waals surface area contributed by atoms with Crippen LogP contribution in [0.3, 0.4) is 0 Å². The fraction of sp³-hybridized carbons (Fsp3) is 0.0909. The molecule has 124 valence electrons. The standard InChI is InChI=1S/C22H18O2Se/c1-23-22-19-15-9-8-14-18(19)21(25-17-12-6-3-7-13-17)20(24-22)16-10-4-2-5-11-16/h2-15,22H,1H3. The predicted molar refractivity (Wildman–Crippen MR) is 102 cm³/mol. The Balaban J connectivity index is 1.89. The quantitative estimate of drug-likeness (QED) is 0.618. The monoisotopic (exact) mass is 394 g/mol. The second-order valence-corrected chi connectivity index (χ2v) is 7.99. The molecule has 0 saturated heterocycles. The zero-order valence-electron chi connectivity index (χ0n) is 13.9. The molecule has 0 saturated carbocycles. The molecule has 1 unspecified atom stereocenters. The van der Waals surface area contributed by atoms with Crippen LogP contribution in [0.4, 0.5) is 0 Å². The van der Waals surface area contributed by atoms with E-state index in [2.05, 4.69) is 60.7 Å². The van der Waals surface area contributed by atoms with Gasteiger partial charge in [0.15, 0.2) is 0 Å². The molecule has 3 heteroatoms. The van der Waals surface area contributed by atoms with Crippen LogP contribution in [0, 0.1) is 0 Å². The van der Waals surface area contributed by atoms with E-state index in [0.717, 1.165) is 16.9 Å². The molecule has 0 amide bonds. The Kier molecular flexibility index (Phi) is 4.71. The zero-order valence-corrected chi connectivity index (χ0v) is 15.6. The Morgan fingerprint density at radius 2 is 1.44 bits per heavy atom. The molecular formula is C22H18O2Se. The summed E-state index contributed by atoms with van der Waals surface area (Å²) in [6, 6.07) is 29.3. The number of benzene rings is 3. The molecule has 0 aromatic heterocycles. The van der Waals surface area contributed by atoms with Gasteiger partial charge in [-0.1, -0.05) is 0 Å². The van der Waals surface area contributed by atoms with Crippen molar-refractivity contribution < 1.29 is 9.47 Å². The van der Waals surface area contributed by atoms with Crippen LogP contribution in [0.15, 0.2) is 84.9 Å². The Bertz CT molecular complexity index is 888. The molecular weight excluding hydrogens is 375 g/mol. The molecule has 1 atom stereocenters. The van der Waals surface area contributed by atoms with Gasteiger partial charge in [-0.05, 0) is 0 Å². The third-order valence-corrected chi connectivity index (χ3v) is 6.45. The van der Waals surface area contributed by atoms with Gasteiger partial charge in [0.05, 0.1) is 0 Å². The van der Waals surface area contributed by atoms with Crippen molar-refractivity contribution >= 4 is 29.6 Å². The Morgan fingerprint density at radius 3 is 2.16 bits per heavy atom. The summed E-state index contributed by atoms with van der Waals surface area (Å²) in [6.45, 7) is 0. The number of ether oxygens (including phenoxy) is 2. The third-order valence-electron chi connectivity index (χ3n) is 4.10. The van der Waals surface area contributed by atoms with Crippen LogP contribution in [-0.2, 0) is 9.47 Å². The van der Waals surface area contributed by atoms with Crippen molar-refractivity contribution in [2.75, 3.05) is 7.11 Å². The summed E-state index contributed by atoms with van der Waals surface area (Å²) < 4.78 is 14.5. The van der Waals surface area contributed by atoms with Crippen LogP contribution >= 0.6 is 0 Å². The topological polar surface area (TPSA) is 18.5 Å². The van der Waals surface area contributed by atoms with Gasteiger partial charge in [0.2, 0.25) is 0 Å². The second-order valence-electron chi connectivity index (χ2n) is 5.71. The van der Waals surface area contributed by atoms with E-state index in [0.29, 0.717) is 0 Å². The molecule has 4 rings (SSSR count). The molecule has 2 nitrogen and oxygen atoms in total. The van der Waals surface area contributed by atoms with Crippen molar-refractivity contribution in [1.82, 2.24) is 0 Å². The van der Waals surface area contributed by atoms with Crippen LogP contribution in [-0.4, -0.2) is 22.1 Å². The van der Waals surface area contributed by atoms with Gasteiger partial charge in [0, 0.05) is 0 Å². The van der Waals surface area contributed by atoms with E-state index in [1.165, 1.54) is 14.5 Å². The summed E-state index contributed by atoms with van der Waals surface area (Å²) in [5, 5.41) is 0. The first-order valence-corrected chi connectivity index (χ1v) is 9.89. The number of methoxy groups -OCH3 is 1. The van der Waals surface area contributed by atoms with E-state index in [9.17, 15) is 0 Å². The number of hydrogen-bond acceptors (Lipinski definition) is 2. The van der Waals surface area contributed by atoms with E-state index in [1.54, 1.807) is 7.11 Å². The second kappa shape index (κ2) is 7.28. The van der Waals surface area contributed by atoms with Crippen LogP contribution < -0.4 is 4.46 Å². The zero-order chi connectivity index (χ0) is 17.1. The van der Waals surface area contributed by atoms with Crippen molar-refractivity contribution in [3.63, 3.8) is 0 Å². The summed E-state index contributed by atoms with van der Waals surface area (Å²) in [6.07, 6.45) is -0.373. The summed E-state index contributed by atoms with van der Waals surface area (Å²) in [5.74, 6) is 0.926. The SMILES string of the molecule is COC1OC(c2ccccc2)=C([Se]c2ccccc2)c2ccccc21. The maximum absolute atomic E-state index is 6.31. The molecule has 0 fully saturated rings. The van der Waals surface area contributed by atoms with Gasteiger partial charge in [-0.3, -0.25) is 0 Å². The minimum absolute atomic E-state index is 0.140. The number of fused-ring (bicyclic) bond motifs is 1. The van der Waals surface area contributed by atoms with Crippen molar-refractivity contribution in [3.8, 4) is 0 Å². The molecule has 0 aliphatic carbocycles. The van der Waals surface area contributed by atoms with Crippen LogP contribution in [0.1, 0.15) is 23.0 Å². The minimum atomic E-state index is -0.373. The third kappa shape index (κ3) is 3.27. The summed E-state index contributed by atoms with van der Waals surface area (Å²) in [7, 11) is 1.69. The van der Waals surface area contributed by atoms with E-state index >= 15 is 0 Å². The molecule has 3 aromatic rings. The Labute approximate surface area is 154 Å². The van der Waals surface area contributed by atoms with Gasteiger partial charge in [0.1, 0.15) is 0 Å². The average Bonchev–Trinajstić information content (AvgIpc) is 2.69. The normalized spacial score (nSPS) is 16.3. The molecule has 1 heterocycles. The molecule has 1 aliphatic heterocycles. The number of hydrogen-bond donors (Lipinski definition) is 0. The van der Waals surface area contributed by atoms with E-state index < -0.39 is 0 Å². The van der Waals surface area contributed by atoms with Crippen molar-refractivity contribution in [2.45, 2.75) is 6.29 Å². The van der Waals surface area contributed by atoms with Gasteiger partial charge in [-0.2, -0.15) is 0 Å². The number of rotatable bonds is 4. The Hall–Kier alpha value is -2.32. The summed E-state index contributed by atoms with van der Waals surface area (Å²) in [4.78, 5) is 0. The first kappa shape index (κ1) is 16.2. The van der Waals surface area contributed by atoms with Gasteiger partial charge in [-0.15, -0.1) is 0 Å². The van der Waals surface area contributed by atoms with Gasteiger partial charge in [-0.25, -0.2) is 0 Å². The average molecular weight is 393 g/mol. The molecule has 0 radical (unpaired) electrons. The summed E-state index contributed by atoms with van der Waals surface area (Å²) >= 11 is 0.140. The van der Waals surface area contributed by atoms with Crippen LogP contribution in [0.2, 0.25) is 0 Å². The van der Waals surface area contributed by atoms with Crippen molar-refractivity contribution in [2.24, 2.45) is 0 Å². The first-order chi connectivity index (χ1) is 12.4. The van der Waals surface area contributed by atoms with E-state index in [4.69, 9.17) is 9.47 Å². The molecule has 0 bridgehead atoms. The fourth-order valence-electron chi connectivity index (χ4n) is 2.93. The molecule has 3 aromatic carbocycles. The molecule has 25 heavy (non-hydrogen) atoms. The van der Waals surface area contributed by atoms with Crippen LogP contribution in [0.5, 0.6) is 0 Å². The molecule has 0 spiro atoms.